The number of carboxylic acids is 2. The van der Waals surface area contributed by atoms with Crippen LogP contribution < -0.4 is 24.7 Å². The largest absolute Gasteiger partial charge is 0.497 e. The summed E-state index contributed by atoms with van der Waals surface area (Å²) in [6.07, 6.45) is -1.65. The van der Waals surface area contributed by atoms with E-state index in [9.17, 15) is 39.0 Å². The van der Waals surface area contributed by atoms with Crippen LogP contribution in [0.5, 0.6) is 23.0 Å². The fourth-order valence-electron chi connectivity index (χ4n) is 9.88. The molecule has 2 fully saturated rings. The molecule has 10 rings (SSSR count). The molecule has 1 amide bonds. The van der Waals surface area contributed by atoms with Crippen molar-refractivity contribution in [2.45, 2.75) is 111 Å². The van der Waals surface area contributed by atoms with E-state index in [2.05, 4.69) is 35.9 Å². The summed E-state index contributed by atoms with van der Waals surface area (Å²) in [4.78, 5) is 80.3. The van der Waals surface area contributed by atoms with Crippen molar-refractivity contribution in [2.24, 2.45) is 11.8 Å². The van der Waals surface area contributed by atoms with Gasteiger partial charge in [-0.25, -0.2) is 19.6 Å². The molecule has 2 aromatic heterocycles. The Hall–Kier alpha value is -10.1. The van der Waals surface area contributed by atoms with E-state index >= 15 is 0 Å². The van der Waals surface area contributed by atoms with Crippen LogP contribution in [0.2, 0.25) is 0 Å². The van der Waals surface area contributed by atoms with Gasteiger partial charge in [0.25, 0.3) is 0 Å². The highest BCUT2D eigenvalue weighted by atomic mass is 16.6. The van der Waals surface area contributed by atoms with Crippen LogP contribution >= 0.6 is 0 Å². The summed E-state index contributed by atoms with van der Waals surface area (Å²) < 4.78 is 37.1. The SMILES string of the molecule is CC(C)(C)OC(=O)C1C[C@H](O)CC1C(=O)O.CCOC(=O)CC(=O)c1ccccc1.COc1ccc2c(C)cc(-c3ccccc3)nc2c1.COc1ccc2c(O[C@@H]3CC(C(=O)O)N(C(=O)OC(C)(C)C)C3)cc(-c3ccccc3)nc2c1.COc1cccc(N)c1. The number of carbonyl (C=O) groups is 6. The lowest BCUT2D eigenvalue weighted by molar-refractivity contribution is -0.165. The zero-order valence-corrected chi connectivity index (χ0v) is 53.8. The number of anilines is 1. The number of fused-ring (bicyclic) bond motifs is 2. The number of esters is 2. The molecule has 20 heteroatoms. The molecule has 0 bridgehead atoms. The number of methoxy groups -OCH3 is 3. The van der Waals surface area contributed by atoms with Crippen molar-refractivity contribution in [2.75, 3.05) is 40.2 Å². The number of likely N-dealkylation sites (tertiary alicyclic amines) is 1. The Bertz CT molecular complexity index is 3780. The number of aromatic nitrogens is 2. The number of amides is 1. The zero-order chi connectivity index (χ0) is 67.3. The van der Waals surface area contributed by atoms with Crippen LogP contribution in [0.15, 0.2) is 164 Å². The van der Waals surface area contributed by atoms with Crippen molar-refractivity contribution in [3.8, 4) is 45.5 Å². The van der Waals surface area contributed by atoms with Crippen LogP contribution in [0.1, 0.15) is 90.1 Å². The monoisotopic (exact) mass is 1260 g/mol. The molecular weight excluding hydrogens is 1180 g/mol. The Morgan fingerprint density at radius 3 is 1.60 bits per heavy atom. The van der Waals surface area contributed by atoms with Gasteiger partial charge in [0.15, 0.2) is 5.78 Å². The number of rotatable bonds is 14. The number of ether oxygens (including phenoxy) is 7. The summed E-state index contributed by atoms with van der Waals surface area (Å²) in [5, 5.41) is 30.0. The minimum absolute atomic E-state index is 0.104. The average Bonchev–Trinajstić information content (AvgIpc) is 1.09. The molecule has 3 heterocycles. The van der Waals surface area contributed by atoms with E-state index in [1.165, 1.54) is 15.8 Å². The lowest BCUT2D eigenvalue weighted by Gasteiger charge is -2.26. The summed E-state index contributed by atoms with van der Waals surface area (Å²) in [6, 6.07) is 50.4. The number of nitrogens with two attached hydrogens (primary N) is 1. The molecule has 2 aliphatic rings. The number of aliphatic carboxylic acids is 2. The minimum Gasteiger partial charge on any atom is -0.497 e. The first-order chi connectivity index (χ1) is 43.7. The Labute approximate surface area is 536 Å². The van der Waals surface area contributed by atoms with Gasteiger partial charge in [-0.2, -0.15) is 0 Å². The molecule has 8 aromatic rings. The molecule has 0 radical (unpaired) electrons. The lowest BCUT2D eigenvalue weighted by Crippen LogP contribution is -2.43. The third-order valence-corrected chi connectivity index (χ3v) is 14.2. The van der Waals surface area contributed by atoms with Crippen molar-refractivity contribution >= 4 is 63.2 Å². The normalized spacial score (nSPS) is 16.4. The Morgan fingerprint density at radius 2 is 1.10 bits per heavy atom. The van der Waals surface area contributed by atoms with E-state index in [1.54, 1.807) is 100 Å². The Balaban J connectivity index is 0.000000197. The van der Waals surface area contributed by atoms with Crippen molar-refractivity contribution < 1.29 is 77.2 Å². The van der Waals surface area contributed by atoms with Crippen LogP contribution in [-0.4, -0.2) is 130 Å². The number of hydrogen-bond acceptors (Lipinski definition) is 17. The quantitative estimate of drug-likeness (QED) is 0.0259. The summed E-state index contributed by atoms with van der Waals surface area (Å²) in [5.74, 6) is -2.04. The molecule has 3 unspecified atom stereocenters. The molecule has 486 valence electrons. The molecule has 1 aliphatic carbocycles. The van der Waals surface area contributed by atoms with E-state index in [-0.39, 0.29) is 38.0 Å². The Morgan fingerprint density at radius 1 is 0.587 bits per heavy atom. The summed E-state index contributed by atoms with van der Waals surface area (Å²) in [7, 11) is 4.89. The van der Waals surface area contributed by atoms with E-state index in [4.69, 9.17) is 49.2 Å². The van der Waals surface area contributed by atoms with Crippen molar-refractivity contribution in [1.29, 1.82) is 0 Å². The molecule has 20 nitrogen and oxygen atoms in total. The molecule has 1 saturated carbocycles. The van der Waals surface area contributed by atoms with Gasteiger partial charge in [-0.3, -0.25) is 24.1 Å². The van der Waals surface area contributed by atoms with Gasteiger partial charge in [0.2, 0.25) is 0 Å². The van der Waals surface area contributed by atoms with E-state index in [0.29, 0.717) is 34.9 Å². The maximum atomic E-state index is 12.7. The molecule has 5 atom stereocenters. The third-order valence-electron chi connectivity index (χ3n) is 14.2. The van der Waals surface area contributed by atoms with Gasteiger partial charge in [-0.05, 0) is 116 Å². The highest BCUT2D eigenvalue weighted by Gasteiger charge is 2.45. The number of Topliss-reactive ketones (excluding diaryl/α,β-unsaturated/α-hetero) is 1. The number of aliphatic hydroxyl groups excluding tert-OH is 1. The molecule has 6 aromatic carbocycles. The number of aliphatic hydroxyl groups is 1. The second-order valence-corrected chi connectivity index (χ2v) is 23.5. The van der Waals surface area contributed by atoms with E-state index in [0.717, 1.165) is 44.9 Å². The molecule has 5 N–H and O–H groups in total. The standard InChI is InChI=1S/C26H28N2O6.C17H15NO.C11H18O5.C11H12O3.C7H9NO/c1-26(2,3)34-25(31)28-15-18(13-22(28)24(29)30)33-23-14-20(16-8-6-5-7-9-16)27-21-12-17(32-4)10-11-19(21)23;1-12-10-16(13-6-4-3-5-7-13)18-17-11-14(19-2)8-9-15(12)17;1-11(2,3)16-10(15)8-5-6(12)4-7(8)9(13)14;1-2-14-11(13)8-10(12)9-6-4-3-5-7-9;1-9-7-4-2-3-6(8)5-7/h5-12,14,18,22H,13,15H2,1-4H3,(H,29,30);3-11H,1-2H3;6-8,12H,4-5H2,1-3H3,(H,13,14);3-7H,2,8H2,1H3;2-5H,8H2,1H3/t18-,22?;;6-,7?,8?;;/m1.1../s1. The van der Waals surface area contributed by atoms with Gasteiger partial charge in [0.1, 0.15) is 52.8 Å². The van der Waals surface area contributed by atoms with Crippen LogP contribution in [-0.2, 0) is 33.4 Å². The summed E-state index contributed by atoms with van der Waals surface area (Å²) in [5.41, 5.74) is 12.0. The maximum absolute atomic E-state index is 12.7. The number of carbonyl (C=O) groups excluding carboxylic acids is 4. The molecule has 1 aliphatic heterocycles. The first-order valence-electron chi connectivity index (χ1n) is 29.9. The van der Waals surface area contributed by atoms with Gasteiger partial charge in [0, 0.05) is 63.8 Å². The van der Waals surface area contributed by atoms with Crippen LogP contribution in [0.25, 0.3) is 44.3 Å². The highest BCUT2D eigenvalue weighted by Crippen LogP contribution is 2.37. The molecule has 92 heavy (non-hydrogen) atoms. The number of hydrogen-bond donors (Lipinski definition) is 4. The summed E-state index contributed by atoms with van der Waals surface area (Å²) >= 11 is 0. The third kappa shape index (κ3) is 21.3. The fourth-order valence-corrected chi connectivity index (χ4v) is 9.88. The van der Waals surface area contributed by atoms with Gasteiger partial charge in [0.05, 0.1) is 74.8 Å². The number of pyridine rings is 2. The van der Waals surface area contributed by atoms with Crippen molar-refractivity contribution in [1.82, 2.24) is 14.9 Å². The van der Waals surface area contributed by atoms with Crippen molar-refractivity contribution in [3.63, 3.8) is 0 Å². The van der Waals surface area contributed by atoms with Gasteiger partial charge >= 0.3 is 30.0 Å². The number of ketones is 1. The topological polar surface area (TPSA) is 283 Å². The lowest BCUT2D eigenvalue weighted by atomic mass is 9.96. The number of nitrogen functional groups attached to an aromatic ring is 1. The van der Waals surface area contributed by atoms with Gasteiger partial charge in [-0.1, -0.05) is 97.1 Å². The van der Waals surface area contributed by atoms with Gasteiger partial charge < -0.3 is 54.2 Å². The Kier molecular flexibility index (Phi) is 25.6. The number of aryl methyl sites for hydroxylation is 1. The highest BCUT2D eigenvalue weighted by molar-refractivity contribution is 6.06. The smallest absolute Gasteiger partial charge is 0.411 e. The number of benzene rings is 6. The minimum atomic E-state index is -1.09. The average molecular weight is 1260 g/mol. The predicted octanol–water partition coefficient (Wildman–Crippen LogP) is 12.9. The molecular formula is C72H82N4O16. The second kappa shape index (κ2) is 33.1. The number of carboxylic acid groups (broad SMARTS) is 2. The van der Waals surface area contributed by atoms with Crippen molar-refractivity contribution in [3.05, 3.63) is 175 Å². The van der Waals surface area contributed by atoms with Crippen LogP contribution in [0, 0.1) is 18.8 Å². The van der Waals surface area contributed by atoms with Crippen LogP contribution in [0.4, 0.5) is 10.5 Å². The predicted molar refractivity (Wildman–Crippen MR) is 351 cm³/mol. The first-order valence-corrected chi connectivity index (χ1v) is 29.9. The maximum Gasteiger partial charge on any atom is 0.411 e. The van der Waals surface area contributed by atoms with E-state index < -0.39 is 71.3 Å². The zero-order valence-electron chi connectivity index (χ0n) is 53.8. The van der Waals surface area contributed by atoms with Crippen LogP contribution in [0.3, 0.4) is 0 Å². The summed E-state index contributed by atoms with van der Waals surface area (Å²) in [6.45, 7) is 14.7. The molecule has 1 saturated heterocycles. The van der Waals surface area contributed by atoms with Gasteiger partial charge in [-0.15, -0.1) is 0 Å². The molecule has 0 spiro atoms. The number of nitrogens with zero attached hydrogens (tertiary/aromatic N) is 3. The fraction of sp³-hybridized carbons (Fsp3) is 0.333. The second-order valence-electron chi connectivity index (χ2n) is 23.5. The first kappa shape index (κ1) is 71.0. The van der Waals surface area contributed by atoms with E-state index in [1.807, 2.05) is 109 Å².